The smallest absolute Gasteiger partial charge is 0.123 e. The van der Waals surface area contributed by atoms with Crippen LogP contribution in [0.2, 0.25) is 0 Å². The fraction of sp³-hybridized carbons (Fsp3) is 0.333. The number of rotatable bonds is 5. The number of H-pyrrole nitrogens is 1. The van der Waals surface area contributed by atoms with Gasteiger partial charge in [0.25, 0.3) is 0 Å². The van der Waals surface area contributed by atoms with Crippen molar-refractivity contribution in [3.63, 3.8) is 0 Å². The Morgan fingerprint density at radius 2 is 2.00 bits per heavy atom. The lowest BCUT2D eigenvalue weighted by Crippen LogP contribution is -2.36. The normalized spacial score (nSPS) is 11.5. The van der Waals surface area contributed by atoms with Crippen molar-refractivity contribution in [2.75, 3.05) is 7.11 Å². The third-order valence-electron chi connectivity index (χ3n) is 3.18. The van der Waals surface area contributed by atoms with Gasteiger partial charge in [-0.25, -0.2) is 0 Å². The molecule has 0 unspecified atom stereocenters. The second kappa shape index (κ2) is 5.27. The van der Waals surface area contributed by atoms with E-state index >= 15 is 0 Å². The molecule has 0 saturated heterocycles. The molecule has 96 valence electrons. The van der Waals surface area contributed by atoms with Gasteiger partial charge in [0.2, 0.25) is 0 Å². The fourth-order valence-corrected chi connectivity index (χ4v) is 2.05. The van der Waals surface area contributed by atoms with Crippen molar-refractivity contribution < 1.29 is 4.74 Å². The quantitative estimate of drug-likeness (QED) is 0.848. The zero-order valence-electron chi connectivity index (χ0n) is 11.2. The Bertz CT molecular complexity index is 489. The minimum atomic E-state index is -0.135. The number of hydrogen-bond donors (Lipinski definition) is 2. The standard InChI is InChI=1S/C15H20N2O/c1-15(2,17-11-12-8-9-16-10-12)13-6-4-5-7-14(13)18-3/h4-10,16-17H,11H2,1-3H3. The summed E-state index contributed by atoms with van der Waals surface area (Å²) in [6.07, 6.45) is 3.94. The van der Waals surface area contributed by atoms with E-state index < -0.39 is 0 Å². The summed E-state index contributed by atoms with van der Waals surface area (Å²) in [6.45, 7) is 5.16. The van der Waals surface area contributed by atoms with Crippen LogP contribution in [0.1, 0.15) is 25.0 Å². The van der Waals surface area contributed by atoms with Crippen molar-refractivity contribution in [2.24, 2.45) is 0 Å². The van der Waals surface area contributed by atoms with Gasteiger partial charge in [-0.05, 0) is 31.5 Å². The number of methoxy groups -OCH3 is 1. The summed E-state index contributed by atoms with van der Waals surface area (Å²) >= 11 is 0. The van der Waals surface area contributed by atoms with Crippen LogP contribution >= 0.6 is 0 Å². The summed E-state index contributed by atoms with van der Waals surface area (Å²) in [5, 5.41) is 3.55. The Morgan fingerprint density at radius 1 is 1.22 bits per heavy atom. The lowest BCUT2D eigenvalue weighted by Gasteiger charge is -2.28. The Hall–Kier alpha value is -1.74. The summed E-state index contributed by atoms with van der Waals surface area (Å²) < 4.78 is 5.42. The molecule has 2 rings (SSSR count). The number of ether oxygens (including phenoxy) is 1. The SMILES string of the molecule is COc1ccccc1C(C)(C)NCc1cc[nH]c1. The van der Waals surface area contributed by atoms with Crippen molar-refractivity contribution in [2.45, 2.75) is 25.9 Å². The van der Waals surface area contributed by atoms with Gasteiger partial charge in [-0.1, -0.05) is 18.2 Å². The number of aromatic amines is 1. The maximum absolute atomic E-state index is 5.42. The van der Waals surface area contributed by atoms with Gasteiger partial charge >= 0.3 is 0 Å². The zero-order chi connectivity index (χ0) is 13.0. The summed E-state index contributed by atoms with van der Waals surface area (Å²) in [4.78, 5) is 3.06. The molecule has 0 aliphatic rings. The van der Waals surface area contributed by atoms with Gasteiger partial charge in [-0.15, -0.1) is 0 Å². The monoisotopic (exact) mass is 244 g/mol. The van der Waals surface area contributed by atoms with Crippen LogP contribution in [-0.4, -0.2) is 12.1 Å². The number of aromatic nitrogens is 1. The number of nitrogens with one attached hydrogen (secondary N) is 2. The van der Waals surface area contributed by atoms with E-state index in [0.29, 0.717) is 0 Å². The van der Waals surface area contributed by atoms with Crippen molar-refractivity contribution in [1.82, 2.24) is 10.3 Å². The lowest BCUT2D eigenvalue weighted by atomic mass is 9.93. The molecule has 0 aliphatic heterocycles. The predicted octanol–water partition coefficient (Wildman–Crippen LogP) is 3.05. The van der Waals surface area contributed by atoms with Crippen molar-refractivity contribution >= 4 is 0 Å². The van der Waals surface area contributed by atoms with Crippen LogP contribution in [0.3, 0.4) is 0 Å². The minimum absolute atomic E-state index is 0.135. The van der Waals surface area contributed by atoms with Gasteiger partial charge in [0.15, 0.2) is 0 Å². The molecule has 1 heterocycles. The number of para-hydroxylation sites is 1. The van der Waals surface area contributed by atoms with E-state index in [4.69, 9.17) is 4.74 Å². The largest absolute Gasteiger partial charge is 0.496 e. The third-order valence-corrected chi connectivity index (χ3v) is 3.18. The van der Waals surface area contributed by atoms with Crippen molar-refractivity contribution in [3.8, 4) is 5.75 Å². The van der Waals surface area contributed by atoms with Crippen LogP contribution in [0.15, 0.2) is 42.7 Å². The molecule has 0 bridgehead atoms. The Balaban J connectivity index is 2.14. The van der Waals surface area contributed by atoms with Crippen LogP contribution in [0.4, 0.5) is 0 Å². The first-order chi connectivity index (χ1) is 8.63. The molecule has 0 atom stereocenters. The molecule has 0 saturated carbocycles. The summed E-state index contributed by atoms with van der Waals surface area (Å²) in [5.74, 6) is 0.920. The molecule has 0 fully saturated rings. The van der Waals surface area contributed by atoms with Gasteiger partial charge in [0, 0.05) is 30.0 Å². The lowest BCUT2D eigenvalue weighted by molar-refractivity contribution is 0.358. The van der Waals surface area contributed by atoms with Gasteiger partial charge in [0.05, 0.1) is 7.11 Å². The molecule has 1 aromatic heterocycles. The summed E-state index contributed by atoms with van der Waals surface area (Å²) in [6, 6.07) is 10.2. The molecule has 18 heavy (non-hydrogen) atoms. The first-order valence-electron chi connectivity index (χ1n) is 6.13. The first-order valence-corrected chi connectivity index (χ1v) is 6.13. The molecule has 2 N–H and O–H groups in total. The van der Waals surface area contributed by atoms with Gasteiger partial charge in [0.1, 0.15) is 5.75 Å². The molecule has 3 nitrogen and oxygen atoms in total. The molecule has 0 spiro atoms. The third kappa shape index (κ3) is 2.74. The number of hydrogen-bond acceptors (Lipinski definition) is 2. The van der Waals surface area contributed by atoms with E-state index in [1.54, 1.807) is 7.11 Å². The highest BCUT2D eigenvalue weighted by molar-refractivity contribution is 5.38. The van der Waals surface area contributed by atoms with Crippen molar-refractivity contribution in [1.29, 1.82) is 0 Å². The zero-order valence-corrected chi connectivity index (χ0v) is 11.2. The summed E-state index contributed by atoms with van der Waals surface area (Å²) in [7, 11) is 1.71. The van der Waals surface area contributed by atoms with Crippen LogP contribution < -0.4 is 10.1 Å². The second-order valence-corrected chi connectivity index (χ2v) is 4.90. The fourth-order valence-electron chi connectivity index (χ4n) is 2.05. The van der Waals surface area contributed by atoms with E-state index in [1.807, 2.05) is 30.6 Å². The van der Waals surface area contributed by atoms with Crippen LogP contribution in [-0.2, 0) is 12.1 Å². The van der Waals surface area contributed by atoms with Crippen molar-refractivity contribution in [3.05, 3.63) is 53.9 Å². The van der Waals surface area contributed by atoms with E-state index in [9.17, 15) is 0 Å². The van der Waals surface area contributed by atoms with Gasteiger partial charge < -0.3 is 15.0 Å². The second-order valence-electron chi connectivity index (χ2n) is 4.90. The van der Waals surface area contributed by atoms with E-state index in [1.165, 1.54) is 11.1 Å². The Labute approximate surface area is 108 Å². The Morgan fingerprint density at radius 3 is 2.67 bits per heavy atom. The molecule has 1 aromatic carbocycles. The molecule has 0 radical (unpaired) electrons. The molecular formula is C15H20N2O. The maximum Gasteiger partial charge on any atom is 0.123 e. The maximum atomic E-state index is 5.42. The molecule has 2 aromatic rings. The molecule has 0 amide bonds. The van der Waals surface area contributed by atoms with Crippen LogP contribution in [0.25, 0.3) is 0 Å². The van der Waals surface area contributed by atoms with Crippen LogP contribution in [0.5, 0.6) is 5.75 Å². The highest BCUT2D eigenvalue weighted by Gasteiger charge is 2.23. The summed E-state index contributed by atoms with van der Waals surface area (Å²) in [5.41, 5.74) is 2.28. The highest BCUT2D eigenvalue weighted by atomic mass is 16.5. The van der Waals surface area contributed by atoms with Crippen LogP contribution in [0, 0.1) is 0 Å². The molecular weight excluding hydrogens is 224 g/mol. The topological polar surface area (TPSA) is 37.0 Å². The predicted molar refractivity (Wildman–Crippen MR) is 73.7 cm³/mol. The molecule has 3 heteroatoms. The van der Waals surface area contributed by atoms with E-state index in [0.717, 1.165) is 12.3 Å². The van der Waals surface area contributed by atoms with Gasteiger partial charge in [-0.3, -0.25) is 0 Å². The van der Waals surface area contributed by atoms with E-state index in [2.05, 4.69) is 36.3 Å². The Kier molecular flexibility index (Phi) is 3.72. The average molecular weight is 244 g/mol. The van der Waals surface area contributed by atoms with E-state index in [-0.39, 0.29) is 5.54 Å². The first kappa shape index (κ1) is 12.7. The average Bonchev–Trinajstić information content (AvgIpc) is 2.89. The van der Waals surface area contributed by atoms with Gasteiger partial charge in [-0.2, -0.15) is 0 Å². The molecule has 0 aliphatic carbocycles. The highest BCUT2D eigenvalue weighted by Crippen LogP contribution is 2.29. The minimum Gasteiger partial charge on any atom is -0.496 e. The number of benzene rings is 1.